The maximum atomic E-state index is 12.8. The van der Waals surface area contributed by atoms with Crippen LogP contribution in [0, 0.1) is 0 Å². The minimum atomic E-state index is -4.32. The number of sulfonamides is 2. The number of nitrogens with zero attached hydrogens (tertiary/aromatic N) is 1. The number of amides is 1. The summed E-state index contributed by atoms with van der Waals surface area (Å²) >= 11 is 0. The van der Waals surface area contributed by atoms with Gasteiger partial charge in [0.15, 0.2) is 0 Å². The van der Waals surface area contributed by atoms with Crippen LogP contribution in [0.15, 0.2) is 52.3 Å². The van der Waals surface area contributed by atoms with Gasteiger partial charge in [-0.1, -0.05) is 6.07 Å². The van der Waals surface area contributed by atoms with Crippen LogP contribution in [0.3, 0.4) is 0 Å². The van der Waals surface area contributed by atoms with E-state index in [4.69, 9.17) is 5.14 Å². The van der Waals surface area contributed by atoms with Crippen molar-refractivity contribution in [3.63, 3.8) is 0 Å². The molecule has 0 spiro atoms. The van der Waals surface area contributed by atoms with Crippen LogP contribution < -0.4 is 9.86 Å². The van der Waals surface area contributed by atoms with E-state index in [2.05, 4.69) is 9.46 Å². The lowest BCUT2D eigenvalue weighted by atomic mass is 10.2. The molecule has 12 heteroatoms. The number of anilines is 1. The maximum Gasteiger partial charge on any atom is 0.337 e. The number of carbonyl (C=O) groups excluding carboxylic acids is 2. The molecular formula is C17H19N3O7S2. The third kappa shape index (κ3) is 5.10. The molecule has 0 bridgehead atoms. The molecule has 1 amide bonds. The lowest BCUT2D eigenvalue weighted by Crippen LogP contribution is -2.23. The monoisotopic (exact) mass is 441 g/mol. The number of rotatable bonds is 6. The van der Waals surface area contributed by atoms with Crippen LogP contribution in [0.1, 0.15) is 20.7 Å². The Balaban J connectivity index is 2.56. The molecular weight excluding hydrogens is 422 g/mol. The summed E-state index contributed by atoms with van der Waals surface area (Å²) in [5.41, 5.74) is -0.401. The summed E-state index contributed by atoms with van der Waals surface area (Å²) in [6, 6.07) is 8.32. The van der Waals surface area contributed by atoms with Gasteiger partial charge in [0.1, 0.15) is 4.90 Å². The number of primary sulfonamides is 1. The zero-order valence-corrected chi connectivity index (χ0v) is 17.4. The number of ether oxygens (including phenoxy) is 1. The molecule has 2 rings (SSSR count). The normalized spacial score (nSPS) is 11.6. The number of nitrogens with two attached hydrogens (primary N) is 1. The van der Waals surface area contributed by atoms with Gasteiger partial charge in [0.25, 0.3) is 15.9 Å². The zero-order valence-electron chi connectivity index (χ0n) is 15.7. The lowest BCUT2D eigenvalue weighted by molar-refractivity contribution is 0.0600. The molecule has 2 aromatic rings. The second-order valence-corrected chi connectivity index (χ2v) is 9.29. The van der Waals surface area contributed by atoms with E-state index in [-0.39, 0.29) is 16.0 Å². The highest BCUT2D eigenvalue weighted by molar-refractivity contribution is 7.93. The summed E-state index contributed by atoms with van der Waals surface area (Å²) in [5, 5.41) is 5.14. The Labute approximate surface area is 168 Å². The van der Waals surface area contributed by atoms with Crippen LogP contribution in [0.5, 0.6) is 0 Å². The molecule has 0 heterocycles. The Morgan fingerprint density at radius 3 is 2.21 bits per heavy atom. The lowest BCUT2D eigenvalue weighted by Gasteiger charge is -2.14. The minimum Gasteiger partial charge on any atom is -0.465 e. The first-order valence-corrected chi connectivity index (χ1v) is 11.0. The van der Waals surface area contributed by atoms with Crippen molar-refractivity contribution in [1.82, 2.24) is 4.90 Å². The zero-order chi connectivity index (χ0) is 22.0. The van der Waals surface area contributed by atoms with E-state index >= 15 is 0 Å². The summed E-state index contributed by atoms with van der Waals surface area (Å²) in [4.78, 5) is 24.3. The highest BCUT2D eigenvalue weighted by Crippen LogP contribution is 2.26. The van der Waals surface area contributed by atoms with Gasteiger partial charge < -0.3 is 9.64 Å². The van der Waals surface area contributed by atoms with Crippen molar-refractivity contribution in [2.75, 3.05) is 25.9 Å². The molecule has 0 unspecified atom stereocenters. The molecule has 10 nitrogen and oxygen atoms in total. The molecule has 0 aliphatic rings. The fraction of sp³-hybridized carbons (Fsp3) is 0.176. The van der Waals surface area contributed by atoms with Gasteiger partial charge in [-0.15, -0.1) is 0 Å². The van der Waals surface area contributed by atoms with Gasteiger partial charge in [0.2, 0.25) is 10.0 Å². The van der Waals surface area contributed by atoms with Crippen LogP contribution in [0.2, 0.25) is 0 Å². The minimum absolute atomic E-state index is 0.0888. The predicted molar refractivity (Wildman–Crippen MR) is 104 cm³/mol. The topological polar surface area (TPSA) is 153 Å². The van der Waals surface area contributed by atoms with Crippen LogP contribution in [-0.4, -0.2) is 54.8 Å². The number of hydrogen-bond donors (Lipinski definition) is 2. The van der Waals surface area contributed by atoms with E-state index in [0.717, 1.165) is 31.4 Å². The van der Waals surface area contributed by atoms with Gasteiger partial charge in [0.05, 0.1) is 23.3 Å². The van der Waals surface area contributed by atoms with Crippen LogP contribution in [-0.2, 0) is 24.8 Å². The van der Waals surface area contributed by atoms with Crippen LogP contribution >= 0.6 is 0 Å². The van der Waals surface area contributed by atoms with Gasteiger partial charge >= 0.3 is 5.97 Å². The number of benzene rings is 2. The summed E-state index contributed by atoms with van der Waals surface area (Å²) in [7, 11) is -4.49. The quantitative estimate of drug-likeness (QED) is 0.623. The van der Waals surface area contributed by atoms with E-state index < -0.39 is 42.5 Å². The Bertz CT molecular complexity index is 1170. The maximum absolute atomic E-state index is 12.8. The standard InChI is InChI=1S/C17H19N3O7S2/c1-20(2)16(21)11-5-4-6-13(9-11)29(25,26)19-14-10-12(17(22)27-3)7-8-15(14)28(18,23)24/h4-10,19H,1-3H3,(H2,18,23,24). The third-order valence-electron chi connectivity index (χ3n) is 3.75. The van der Waals surface area contributed by atoms with Crippen molar-refractivity contribution in [1.29, 1.82) is 0 Å². The molecule has 2 aromatic carbocycles. The van der Waals surface area contributed by atoms with Gasteiger partial charge in [-0.05, 0) is 36.4 Å². The molecule has 0 fully saturated rings. The summed E-state index contributed by atoms with van der Waals surface area (Å²) in [6.07, 6.45) is 0. The summed E-state index contributed by atoms with van der Waals surface area (Å²) in [5.74, 6) is -1.22. The third-order valence-corrected chi connectivity index (χ3v) is 6.08. The first kappa shape index (κ1) is 22.3. The number of carbonyl (C=O) groups is 2. The van der Waals surface area contributed by atoms with Crippen molar-refractivity contribution >= 4 is 37.6 Å². The first-order chi connectivity index (χ1) is 13.4. The molecule has 0 aliphatic heterocycles. The molecule has 0 radical (unpaired) electrons. The molecule has 0 aromatic heterocycles. The predicted octanol–water partition coefficient (Wildman–Crippen LogP) is 0.623. The molecule has 3 N–H and O–H groups in total. The average Bonchev–Trinajstić information content (AvgIpc) is 2.65. The Hall–Kier alpha value is -2.96. The number of methoxy groups -OCH3 is 1. The molecule has 29 heavy (non-hydrogen) atoms. The molecule has 0 saturated carbocycles. The highest BCUT2D eigenvalue weighted by Gasteiger charge is 2.23. The van der Waals surface area contributed by atoms with E-state index in [9.17, 15) is 26.4 Å². The smallest absolute Gasteiger partial charge is 0.337 e. The van der Waals surface area contributed by atoms with Crippen molar-refractivity contribution in [3.05, 3.63) is 53.6 Å². The number of nitrogens with one attached hydrogen (secondary N) is 1. The van der Waals surface area contributed by atoms with E-state index in [1.807, 2.05) is 0 Å². The first-order valence-electron chi connectivity index (χ1n) is 7.96. The number of esters is 1. The largest absolute Gasteiger partial charge is 0.465 e. The molecule has 0 atom stereocenters. The summed E-state index contributed by atoms with van der Waals surface area (Å²) < 4.78 is 55.9. The fourth-order valence-corrected chi connectivity index (χ4v) is 4.22. The summed E-state index contributed by atoms with van der Waals surface area (Å²) in [6.45, 7) is 0. The van der Waals surface area contributed by atoms with Crippen molar-refractivity contribution < 1.29 is 31.2 Å². The van der Waals surface area contributed by atoms with Gasteiger partial charge in [-0.3, -0.25) is 9.52 Å². The van der Waals surface area contributed by atoms with Crippen molar-refractivity contribution in [2.24, 2.45) is 5.14 Å². The van der Waals surface area contributed by atoms with Crippen LogP contribution in [0.25, 0.3) is 0 Å². The SMILES string of the molecule is COC(=O)c1ccc(S(N)(=O)=O)c(NS(=O)(=O)c2cccc(C(=O)N(C)C)c2)c1. The van der Waals surface area contributed by atoms with Gasteiger partial charge in [-0.2, -0.15) is 0 Å². The number of hydrogen-bond acceptors (Lipinski definition) is 7. The fourth-order valence-electron chi connectivity index (χ4n) is 2.36. The second kappa shape index (κ2) is 8.19. The van der Waals surface area contributed by atoms with Crippen LogP contribution in [0.4, 0.5) is 5.69 Å². The highest BCUT2D eigenvalue weighted by atomic mass is 32.2. The van der Waals surface area contributed by atoms with E-state index in [1.54, 1.807) is 0 Å². The Morgan fingerprint density at radius 1 is 1.00 bits per heavy atom. The van der Waals surface area contributed by atoms with Crippen molar-refractivity contribution in [3.8, 4) is 0 Å². The second-order valence-electron chi connectivity index (χ2n) is 6.08. The average molecular weight is 441 g/mol. The Kier molecular flexibility index (Phi) is 6.30. The van der Waals surface area contributed by atoms with Crippen molar-refractivity contribution in [2.45, 2.75) is 9.79 Å². The van der Waals surface area contributed by atoms with E-state index in [0.29, 0.717) is 0 Å². The van der Waals surface area contributed by atoms with E-state index in [1.165, 1.54) is 37.2 Å². The Morgan fingerprint density at radius 2 is 1.66 bits per heavy atom. The van der Waals surface area contributed by atoms with Gasteiger partial charge in [-0.25, -0.2) is 26.8 Å². The molecule has 0 saturated heterocycles. The molecule has 0 aliphatic carbocycles. The van der Waals surface area contributed by atoms with Gasteiger partial charge in [0, 0.05) is 19.7 Å². The molecule has 156 valence electrons.